The number of aliphatic carboxylic acids is 1. The molecule has 1 fully saturated rings. The first-order valence-electron chi connectivity index (χ1n) is 11.3. The monoisotopic (exact) mass is 437 g/mol. The van der Waals surface area contributed by atoms with E-state index in [0.29, 0.717) is 19.4 Å². The van der Waals surface area contributed by atoms with E-state index in [1.807, 2.05) is 24.7 Å². The van der Waals surface area contributed by atoms with Gasteiger partial charge in [0.15, 0.2) is 0 Å². The molecule has 0 spiro atoms. The molecule has 2 N–H and O–H groups in total. The minimum Gasteiger partial charge on any atom is -0.481 e. The molecule has 7 nitrogen and oxygen atoms in total. The van der Waals surface area contributed by atoms with Gasteiger partial charge in [-0.15, -0.1) is 0 Å². The molecule has 4 aromatic rings. The van der Waals surface area contributed by atoms with E-state index in [1.165, 1.54) is 11.1 Å². The minimum atomic E-state index is -0.738. The number of nitriles is 1. The van der Waals surface area contributed by atoms with Crippen molar-refractivity contribution in [3.63, 3.8) is 0 Å². The number of carboxylic acids is 1. The highest BCUT2D eigenvalue weighted by Gasteiger charge is 2.50. The summed E-state index contributed by atoms with van der Waals surface area (Å²) in [6.45, 7) is 0.404. The largest absolute Gasteiger partial charge is 0.481 e. The molecule has 0 saturated heterocycles. The number of rotatable bonds is 5. The number of carboxylic acid groups (broad SMARTS) is 1. The number of aromatic amines is 1. The summed E-state index contributed by atoms with van der Waals surface area (Å²) in [4.78, 5) is 19.4. The first-order chi connectivity index (χ1) is 16.1. The van der Waals surface area contributed by atoms with Crippen LogP contribution >= 0.6 is 0 Å². The Morgan fingerprint density at radius 2 is 2.21 bits per heavy atom. The number of pyridine rings is 1. The van der Waals surface area contributed by atoms with E-state index >= 15 is 0 Å². The number of hydrogen-bond donors (Lipinski definition) is 2. The van der Waals surface area contributed by atoms with E-state index < -0.39 is 11.4 Å². The maximum Gasteiger partial charge on any atom is 0.311 e. The lowest BCUT2D eigenvalue weighted by atomic mass is 9.84. The summed E-state index contributed by atoms with van der Waals surface area (Å²) in [5, 5.41) is 25.5. The second-order valence-corrected chi connectivity index (χ2v) is 9.30. The molecule has 3 aromatic heterocycles. The molecule has 0 bridgehead atoms. The highest BCUT2D eigenvalue weighted by Crippen LogP contribution is 2.47. The van der Waals surface area contributed by atoms with Crippen molar-refractivity contribution in [1.82, 2.24) is 19.7 Å². The molecule has 164 valence electrons. The zero-order chi connectivity index (χ0) is 22.6. The van der Waals surface area contributed by atoms with Crippen molar-refractivity contribution in [3.05, 3.63) is 54.5 Å². The molecule has 0 aliphatic heterocycles. The Morgan fingerprint density at radius 1 is 1.33 bits per heavy atom. The van der Waals surface area contributed by atoms with E-state index in [9.17, 15) is 15.2 Å². The van der Waals surface area contributed by atoms with Crippen molar-refractivity contribution in [3.8, 4) is 17.2 Å². The fraction of sp³-hybridized carbons (Fsp3) is 0.308. The highest BCUT2D eigenvalue weighted by atomic mass is 16.4. The summed E-state index contributed by atoms with van der Waals surface area (Å²) in [6, 6.07) is 10.6. The number of carbonyl (C=O) groups is 1. The molecule has 6 rings (SSSR count). The second kappa shape index (κ2) is 7.31. The van der Waals surface area contributed by atoms with Crippen molar-refractivity contribution >= 4 is 33.5 Å². The van der Waals surface area contributed by atoms with Gasteiger partial charge < -0.3 is 10.1 Å². The quantitative estimate of drug-likeness (QED) is 0.449. The Morgan fingerprint density at radius 3 is 2.94 bits per heavy atom. The van der Waals surface area contributed by atoms with Crippen LogP contribution in [0, 0.1) is 22.7 Å². The number of nitrogens with zero attached hydrogens (tertiary/aromatic N) is 4. The van der Waals surface area contributed by atoms with Crippen LogP contribution in [0.5, 0.6) is 0 Å². The summed E-state index contributed by atoms with van der Waals surface area (Å²) >= 11 is 0. The molecular formula is C26H23N5O2. The third-order valence-corrected chi connectivity index (χ3v) is 7.14. The topological polar surface area (TPSA) is 108 Å². The summed E-state index contributed by atoms with van der Waals surface area (Å²) in [5.74, 6) is -0.652. The van der Waals surface area contributed by atoms with Crippen LogP contribution in [0.3, 0.4) is 0 Å². The zero-order valence-electron chi connectivity index (χ0n) is 18.1. The van der Waals surface area contributed by atoms with Crippen LogP contribution in [0.2, 0.25) is 0 Å². The van der Waals surface area contributed by atoms with Crippen molar-refractivity contribution in [2.45, 2.75) is 38.6 Å². The molecule has 3 heterocycles. The van der Waals surface area contributed by atoms with Crippen LogP contribution in [0.4, 0.5) is 0 Å². The Balaban J connectivity index is 1.43. The second-order valence-electron chi connectivity index (χ2n) is 9.30. The highest BCUT2D eigenvalue weighted by molar-refractivity contribution is 5.99. The molecule has 1 saturated carbocycles. The average molecular weight is 438 g/mol. The van der Waals surface area contributed by atoms with Gasteiger partial charge in [-0.2, -0.15) is 10.4 Å². The lowest BCUT2D eigenvalue weighted by Crippen LogP contribution is -2.21. The van der Waals surface area contributed by atoms with Crippen molar-refractivity contribution in [2.75, 3.05) is 0 Å². The Bertz CT molecular complexity index is 1480. The number of nitrogens with one attached hydrogen (secondary N) is 1. The number of H-pyrrole nitrogens is 1. The third kappa shape index (κ3) is 3.30. The van der Waals surface area contributed by atoms with Gasteiger partial charge in [0.2, 0.25) is 0 Å². The molecule has 1 atom stereocenters. The van der Waals surface area contributed by atoms with Gasteiger partial charge in [0.05, 0.1) is 29.5 Å². The van der Waals surface area contributed by atoms with Gasteiger partial charge >= 0.3 is 5.97 Å². The smallest absolute Gasteiger partial charge is 0.311 e. The molecular weight excluding hydrogens is 414 g/mol. The van der Waals surface area contributed by atoms with E-state index in [4.69, 9.17) is 0 Å². The van der Waals surface area contributed by atoms with E-state index in [-0.39, 0.29) is 5.92 Å². The maximum atomic E-state index is 11.6. The first kappa shape index (κ1) is 19.7. The van der Waals surface area contributed by atoms with E-state index in [0.717, 1.165) is 52.3 Å². The number of fused-ring (bicyclic) bond motifs is 2. The van der Waals surface area contributed by atoms with Crippen LogP contribution in [0.15, 0.2) is 48.9 Å². The zero-order valence-corrected chi connectivity index (χ0v) is 18.1. The minimum absolute atomic E-state index is 0.0866. The molecule has 2 aliphatic rings. The number of aromatic nitrogens is 4. The molecule has 2 aliphatic carbocycles. The van der Waals surface area contributed by atoms with Crippen LogP contribution in [-0.4, -0.2) is 30.8 Å². The fourth-order valence-electron chi connectivity index (χ4n) is 4.98. The standard InChI is InChI=1S/C26H23N5O2/c27-12-16-1-3-17(4-2-16)23-20-7-10-28-24(20)29-13-21(23)18-5-6-22-19(11-18)14-31(30-22)15-26(8-9-26)25(32)33/h3,5-7,10-11,13-14,16H,1-2,4,8-9,15H2,(H,28,29)(H,32,33). The van der Waals surface area contributed by atoms with E-state index in [1.54, 1.807) is 4.68 Å². The van der Waals surface area contributed by atoms with Gasteiger partial charge in [0.25, 0.3) is 0 Å². The summed E-state index contributed by atoms with van der Waals surface area (Å²) in [5.41, 5.74) is 5.59. The van der Waals surface area contributed by atoms with Crippen molar-refractivity contribution < 1.29 is 9.90 Å². The average Bonchev–Trinajstić information content (AvgIpc) is 3.27. The number of benzene rings is 1. The van der Waals surface area contributed by atoms with Gasteiger partial charge in [-0.25, -0.2) is 4.98 Å². The summed E-state index contributed by atoms with van der Waals surface area (Å²) < 4.78 is 1.77. The maximum absolute atomic E-state index is 11.6. The van der Waals surface area contributed by atoms with Crippen molar-refractivity contribution in [1.29, 1.82) is 5.26 Å². The molecule has 7 heteroatoms. The first-order valence-corrected chi connectivity index (χ1v) is 11.3. The van der Waals surface area contributed by atoms with Crippen LogP contribution in [0.1, 0.15) is 37.7 Å². The molecule has 0 radical (unpaired) electrons. The van der Waals surface area contributed by atoms with Gasteiger partial charge in [-0.3, -0.25) is 9.48 Å². The molecule has 33 heavy (non-hydrogen) atoms. The Kier molecular flexibility index (Phi) is 4.37. The lowest BCUT2D eigenvalue weighted by Gasteiger charge is -2.20. The summed E-state index contributed by atoms with van der Waals surface area (Å²) in [6.07, 6.45) is 11.9. The molecule has 1 unspecified atom stereocenters. The normalized spacial score (nSPS) is 19.4. The Hall–Kier alpha value is -3.92. The molecule has 1 aromatic carbocycles. The van der Waals surface area contributed by atoms with Gasteiger partial charge in [0.1, 0.15) is 5.65 Å². The van der Waals surface area contributed by atoms with Crippen LogP contribution in [0.25, 0.3) is 38.6 Å². The Labute approximate surface area is 190 Å². The number of hydrogen-bond acceptors (Lipinski definition) is 4. The summed E-state index contributed by atoms with van der Waals surface area (Å²) in [7, 11) is 0. The van der Waals surface area contributed by atoms with E-state index in [2.05, 4.69) is 45.4 Å². The van der Waals surface area contributed by atoms with Gasteiger partial charge in [-0.05, 0) is 67.0 Å². The lowest BCUT2D eigenvalue weighted by molar-refractivity contribution is -0.144. The third-order valence-electron chi connectivity index (χ3n) is 7.14. The van der Waals surface area contributed by atoms with Gasteiger partial charge in [0, 0.05) is 34.9 Å². The number of allylic oxidation sites excluding steroid dienone is 2. The van der Waals surface area contributed by atoms with Gasteiger partial charge in [-0.1, -0.05) is 12.1 Å². The van der Waals surface area contributed by atoms with Crippen LogP contribution in [-0.2, 0) is 11.3 Å². The predicted molar refractivity (Wildman–Crippen MR) is 125 cm³/mol. The van der Waals surface area contributed by atoms with Crippen LogP contribution < -0.4 is 0 Å². The SMILES string of the molecule is N#CC1CC=C(c2c(-c3ccc4nn(CC5(C(=O)O)CC5)cc4c3)cnc3[nH]ccc23)CC1. The predicted octanol–water partition coefficient (Wildman–Crippen LogP) is 5.15. The van der Waals surface area contributed by atoms with Crippen molar-refractivity contribution in [2.24, 2.45) is 11.3 Å². The fourth-order valence-corrected chi connectivity index (χ4v) is 4.98. The molecule has 0 amide bonds.